The van der Waals surface area contributed by atoms with Crippen molar-refractivity contribution in [2.24, 2.45) is 0 Å². The molecule has 140 valence electrons. The number of anilines is 1. The predicted octanol–water partition coefficient (Wildman–Crippen LogP) is 3.36. The summed E-state index contributed by atoms with van der Waals surface area (Å²) >= 11 is 0. The van der Waals surface area contributed by atoms with Crippen molar-refractivity contribution in [1.82, 2.24) is 14.2 Å². The minimum Gasteiger partial charge on any atom is -0.324 e. The van der Waals surface area contributed by atoms with Crippen LogP contribution >= 0.6 is 0 Å². The van der Waals surface area contributed by atoms with Gasteiger partial charge in [0.1, 0.15) is 12.1 Å². The molecule has 0 aliphatic rings. The lowest BCUT2D eigenvalue weighted by molar-refractivity contribution is -0.116. The molecule has 2 aromatic carbocycles. The highest BCUT2D eigenvalue weighted by molar-refractivity contribution is 5.91. The SMILES string of the molecule is CCc1ccccc1NC(=O)Cn1ccn2nc(-c3ccccc3)cc2c1=O. The van der Waals surface area contributed by atoms with Gasteiger partial charge in [-0.3, -0.25) is 9.59 Å². The molecule has 2 aromatic heterocycles. The number of hydrogen-bond acceptors (Lipinski definition) is 3. The van der Waals surface area contributed by atoms with Crippen LogP contribution in [0.25, 0.3) is 16.8 Å². The van der Waals surface area contributed by atoms with E-state index in [-0.39, 0.29) is 18.0 Å². The number of para-hydroxylation sites is 1. The number of carbonyl (C=O) groups is 1. The minimum absolute atomic E-state index is 0.0563. The van der Waals surface area contributed by atoms with Crippen LogP contribution in [0, 0.1) is 0 Å². The second kappa shape index (κ2) is 7.52. The summed E-state index contributed by atoms with van der Waals surface area (Å²) in [7, 11) is 0. The van der Waals surface area contributed by atoms with Gasteiger partial charge in [0.2, 0.25) is 5.91 Å². The Morgan fingerprint density at radius 1 is 1.04 bits per heavy atom. The van der Waals surface area contributed by atoms with E-state index in [9.17, 15) is 9.59 Å². The van der Waals surface area contributed by atoms with Gasteiger partial charge in [-0.05, 0) is 24.1 Å². The molecule has 0 fully saturated rings. The van der Waals surface area contributed by atoms with Gasteiger partial charge in [-0.15, -0.1) is 0 Å². The van der Waals surface area contributed by atoms with Crippen molar-refractivity contribution >= 4 is 17.1 Å². The first-order chi connectivity index (χ1) is 13.7. The Morgan fingerprint density at radius 2 is 1.79 bits per heavy atom. The topological polar surface area (TPSA) is 68.4 Å². The number of amides is 1. The normalized spacial score (nSPS) is 10.9. The van der Waals surface area contributed by atoms with Crippen molar-refractivity contribution in [2.75, 3.05) is 5.32 Å². The third kappa shape index (κ3) is 3.44. The van der Waals surface area contributed by atoms with Crippen LogP contribution < -0.4 is 10.9 Å². The number of aryl methyl sites for hydroxylation is 1. The van der Waals surface area contributed by atoms with Gasteiger partial charge in [0.25, 0.3) is 5.56 Å². The zero-order valence-corrected chi connectivity index (χ0v) is 15.5. The zero-order valence-electron chi connectivity index (χ0n) is 15.5. The first-order valence-electron chi connectivity index (χ1n) is 9.17. The largest absolute Gasteiger partial charge is 0.324 e. The standard InChI is InChI=1S/C22H20N4O2/c1-2-16-8-6-7-11-18(16)23-21(27)15-25-12-13-26-20(22(25)28)14-19(24-26)17-9-4-3-5-10-17/h3-14H,2,15H2,1H3,(H,23,27). The summed E-state index contributed by atoms with van der Waals surface area (Å²) < 4.78 is 2.95. The summed E-state index contributed by atoms with van der Waals surface area (Å²) in [4.78, 5) is 25.3. The Balaban J connectivity index is 1.60. The average molecular weight is 372 g/mol. The van der Waals surface area contributed by atoms with E-state index >= 15 is 0 Å². The highest BCUT2D eigenvalue weighted by atomic mass is 16.2. The average Bonchev–Trinajstić information content (AvgIpc) is 3.16. The van der Waals surface area contributed by atoms with E-state index in [4.69, 9.17) is 0 Å². The van der Waals surface area contributed by atoms with E-state index in [0.29, 0.717) is 5.52 Å². The van der Waals surface area contributed by atoms with Crippen molar-refractivity contribution in [3.05, 3.63) is 89.0 Å². The number of carbonyl (C=O) groups excluding carboxylic acids is 1. The molecule has 0 spiro atoms. The van der Waals surface area contributed by atoms with Crippen LogP contribution in [-0.2, 0) is 17.8 Å². The number of rotatable bonds is 5. The molecule has 2 heterocycles. The summed E-state index contributed by atoms with van der Waals surface area (Å²) in [5, 5.41) is 7.35. The van der Waals surface area contributed by atoms with Crippen LogP contribution in [-0.4, -0.2) is 20.1 Å². The van der Waals surface area contributed by atoms with Crippen molar-refractivity contribution in [2.45, 2.75) is 19.9 Å². The van der Waals surface area contributed by atoms with Crippen molar-refractivity contribution in [3.63, 3.8) is 0 Å². The third-order valence-corrected chi connectivity index (χ3v) is 4.66. The summed E-state index contributed by atoms with van der Waals surface area (Å²) in [6, 6.07) is 19.1. The van der Waals surface area contributed by atoms with E-state index in [1.807, 2.05) is 61.5 Å². The van der Waals surface area contributed by atoms with Gasteiger partial charge >= 0.3 is 0 Å². The van der Waals surface area contributed by atoms with Gasteiger partial charge in [-0.1, -0.05) is 55.5 Å². The molecule has 28 heavy (non-hydrogen) atoms. The maximum absolute atomic E-state index is 12.8. The van der Waals surface area contributed by atoms with E-state index in [1.54, 1.807) is 23.0 Å². The fraction of sp³-hybridized carbons (Fsp3) is 0.136. The van der Waals surface area contributed by atoms with Crippen molar-refractivity contribution < 1.29 is 4.79 Å². The summed E-state index contributed by atoms with van der Waals surface area (Å²) in [6.45, 7) is 1.98. The van der Waals surface area contributed by atoms with Crippen LogP contribution in [0.5, 0.6) is 0 Å². The van der Waals surface area contributed by atoms with Crippen LogP contribution in [0.3, 0.4) is 0 Å². The molecule has 0 radical (unpaired) electrons. The maximum Gasteiger partial charge on any atom is 0.277 e. The van der Waals surface area contributed by atoms with Gasteiger partial charge in [0.05, 0.1) is 5.69 Å². The quantitative estimate of drug-likeness (QED) is 0.584. The highest BCUT2D eigenvalue weighted by Crippen LogP contribution is 2.18. The molecule has 4 aromatic rings. The zero-order chi connectivity index (χ0) is 19.5. The predicted molar refractivity (Wildman–Crippen MR) is 109 cm³/mol. The fourth-order valence-corrected chi connectivity index (χ4v) is 3.20. The molecule has 0 saturated carbocycles. The first-order valence-corrected chi connectivity index (χ1v) is 9.17. The molecule has 0 unspecified atom stereocenters. The van der Waals surface area contributed by atoms with Gasteiger partial charge in [0, 0.05) is 23.6 Å². The fourth-order valence-electron chi connectivity index (χ4n) is 3.20. The molecule has 1 amide bonds. The Hall–Kier alpha value is -3.67. The minimum atomic E-state index is -0.254. The molecule has 6 heteroatoms. The number of aromatic nitrogens is 3. The highest BCUT2D eigenvalue weighted by Gasteiger charge is 2.12. The first kappa shape index (κ1) is 17.7. The second-order valence-corrected chi connectivity index (χ2v) is 6.52. The van der Waals surface area contributed by atoms with E-state index in [1.165, 1.54) is 4.57 Å². The van der Waals surface area contributed by atoms with Gasteiger partial charge in [-0.25, -0.2) is 4.52 Å². The molecular weight excluding hydrogens is 352 g/mol. The molecule has 0 aliphatic carbocycles. The molecule has 4 rings (SSSR count). The molecule has 0 aliphatic heterocycles. The van der Waals surface area contributed by atoms with E-state index in [2.05, 4.69) is 10.4 Å². The summed E-state index contributed by atoms with van der Waals surface area (Å²) in [5.74, 6) is -0.241. The van der Waals surface area contributed by atoms with Gasteiger partial charge in [0.15, 0.2) is 0 Å². The molecular formula is C22H20N4O2. The van der Waals surface area contributed by atoms with Crippen molar-refractivity contribution in [1.29, 1.82) is 0 Å². The van der Waals surface area contributed by atoms with Gasteiger partial charge in [-0.2, -0.15) is 5.10 Å². The van der Waals surface area contributed by atoms with Crippen LogP contribution in [0.4, 0.5) is 5.69 Å². The summed E-state index contributed by atoms with van der Waals surface area (Å²) in [6.07, 6.45) is 4.10. The van der Waals surface area contributed by atoms with Crippen LogP contribution in [0.1, 0.15) is 12.5 Å². The molecule has 0 atom stereocenters. The summed E-state index contributed by atoms with van der Waals surface area (Å²) in [5.41, 5.74) is 3.67. The molecule has 1 N–H and O–H groups in total. The molecule has 0 saturated heterocycles. The van der Waals surface area contributed by atoms with Crippen LogP contribution in [0.15, 0.2) is 77.9 Å². The Bertz CT molecular complexity index is 1190. The Labute approximate surface area is 162 Å². The molecule has 6 nitrogen and oxygen atoms in total. The lowest BCUT2D eigenvalue weighted by Gasteiger charge is -2.10. The molecule has 0 bridgehead atoms. The monoisotopic (exact) mass is 372 g/mol. The second-order valence-electron chi connectivity index (χ2n) is 6.52. The third-order valence-electron chi connectivity index (χ3n) is 4.66. The van der Waals surface area contributed by atoms with Crippen molar-refractivity contribution in [3.8, 4) is 11.3 Å². The lowest BCUT2D eigenvalue weighted by Crippen LogP contribution is -2.28. The number of nitrogens with zero attached hydrogens (tertiary/aromatic N) is 3. The number of fused-ring (bicyclic) bond motifs is 1. The van der Waals surface area contributed by atoms with E-state index in [0.717, 1.165) is 28.9 Å². The Kier molecular flexibility index (Phi) is 4.76. The van der Waals surface area contributed by atoms with Crippen LogP contribution in [0.2, 0.25) is 0 Å². The number of benzene rings is 2. The van der Waals surface area contributed by atoms with Gasteiger partial charge < -0.3 is 9.88 Å². The number of nitrogens with one attached hydrogen (secondary N) is 1. The smallest absolute Gasteiger partial charge is 0.277 e. The lowest BCUT2D eigenvalue weighted by atomic mass is 10.1. The maximum atomic E-state index is 12.8. The Morgan fingerprint density at radius 3 is 2.57 bits per heavy atom. The number of hydrogen-bond donors (Lipinski definition) is 1. The van der Waals surface area contributed by atoms with E-state index < -0.39 is 0 Å².